The number of hydrogen-bond acceptors (Lipinski definition) is 4. The van der Waals surface area contributed by atoms with Crippen LogP contribution in [0, 0.1) is 7.11 Å². The van der Waals surface area contributed by atoms with E-state index in [2.05, 4.69) is 16.6 Å². The number of ether oxygens (including phenoxy) is 2. The summed E-state index contributed by atoms with van der Waals surface area (Å²) in [6.45, 7) is 0.0192. The van der Waals surface area contributed by atoms with Gasteiger partial charge in [-0.1, -0.05) is 0 Å². The Bertz CT molecular complexity index is 167. The SMILES string of the molecule is [CH2]OC(=O)OCCC(=O)N(C)C. The van der Waals surface area contributed by atoms with Crippen LogP contribution >= 0.6 is 0 Å². The molecule has 1 amide bonds. The van der Waals surface area contributed by atoms with Crippen LogP contribution in [0.3, 0.4) is 0 Å². The first-order chi connectivity index (χ1) is 5.57. The highest BCUT2D eigenvalue weighted by atomic mass is 16.7. The Kier molecular flexibility index (Phi) is 4.83. The van der Waals surface area contributed by atoms with Crippen molar-refractivity contribution in [2.24, 2.45) is 0 Å². The van der Waals surface area contributed by atoms with Gasteiger partial charge in [-0.15, -0.1) is 0 Å². The topological polar surface area (TPSA) is 55.8 Å². The Hall–Kier alpha value is -1.26. The lowest BCUT2D eigenvalue weighted by Gasteiger charge is -2.09. The second-order valence-corrected chi connectivity index (χ2v) is 2.28. The van der Waals surface area contributed by atoms with Gasteiger partial charge >= 0.3 is 6.16 Å². The molecule has 5 heteroatoms. The highest BCUT2D eigenvalue weighted by Gasteiger charge is 2.05. The summed E-state index contributed by atoms with van der Waals surface area (Å²) in [7, 11) is 6.10. The Morgan fingerprint density at radius 1 is 1.42 bits per heavy atom. The van der Waals surface area contributed by atoms with Gasteiger partial charge < -0.3 is 14.4 Å². The minimum Gasteiger partial charge on any atom is -0.434 e. The molecule has 0 saturated heterocycles. The second-order valence-electron chi connectivity index (χ2n) is 2.28. The van der Waals surface area contributed by atoms with Crippen molar-refractivity contribution in [1.82, 2.24) is 4.90 Å². The first-order valence-corrected chi connectivity index (χ1v) is 3.37. The van der Waals surface area contributed by atoms with E-state index >= 15 is 0 Å². The average molecular weight is 174 g/mol. The standard InChI is InChI=1S/C7H12NO4/c1-8(2)6(9)4-5-12-7(10)11-3/h3-5H2,1-2H3. The predicted octanol–water partition coefficient (Wildman–Crippen LogP) is 0.409. The average Bonchev–Trinajstić information content (AvgIpc) is 2.03. The van der Waals surface area contributed by atoms with Gasteiger partial charge in [0.1, 0.15) is 13.7 Å². The number of carbonyl (C=O) groups is 2. The number of carbonyl (C=O) groups excluding carboxylic acids is 2. The van der Waals surface area contributed by atoms with E-state index in [4.69, 9.17) is 0 Å². The van der Waals surface area contributed by atoms with Crippen molar-refractivity contribution in [3.63, 3.8) is 0 Å². The molecule has 0 spiro atoms. The zero-order valence-electron chi connectivity index (χ0n) is 7.20. The van der Waals surface area contributed by atoms with Gasteiger partial charge in [-0.05, 0) is 0 Å². The zero-order valence-corrected chi connectivity index (χ0v) is 7.20. The molecule has 0 aliphatic rings. The van der Waals surface area contributed by atoms with E-state index in [0.717, 1.165) is 0 Å². The van der Waals surface area contributed by atoms with Crippen LogP contribution in [0.2, 0.25) is 0 Å². The zero-order chi connectivity index (χ0) is 9.56. The Morgan fingerprint density at radius 2 is 2.00 bits per heavy atom. The molecule has 0 aliphatic heterocycles. The lowest BCUT2D eigenvalue weighted by Crippen LogP contribution is -2.23. The number of amides is 1. The van der Waals surface area contributed by atoms with Gasteiger partial charge in [0.2, 0.25) is 5.91 Å². The fourth-order valence-electron chi connectivity index (χ4n) is 0.487. The van der Waals surface area contributed by atoms with Crippen molar-refractivity contribution in [3.8, 4) is 0 Å². The molecule has 0 aromatic rings. The fourth-order valence-corrected chi connectivity index (χ4v) is 0.487. The summed E-state index contributed by atoms with van der Waals surface area (Å²) >= 11 is 0. The summed E-state index contributed by atoms with van der Waals surface area (Å²) in [6, 6.07) is 0. The van der Waals surface area contributed by atoms with Crippen molar-refractivity contribution < 1.29 is 19.1 Å². The maximum atomic E-state index is 10.9. The molecule has 0 fully saturated rings. The molecule has 0 aromatic heterocycles. The first kappa shape index (κ1) is 10.7. The van der Waals surface area contributed by atoms with Crippen molar-refractivity contribution in [2.45, 2.75) is 6.42 Å². The van der Waals surface area contributed by atoms with Crippen LogP contribution in [0.25, 0.3) is 0 Å². The largest absolute Gasteiger partial charge is 0.508 e. The van der Waals surface area contributed by atoms with Crippen LogP contribution in [0.5, 0.6) is 0 Å². The lowest BCUT2D eigenvalue weighted by molar-refractivity contribution is -0.129. The quantitative estimate of drug-likeness (QED) is 0.581. The molecule has 12 heavy (non-hydrogen) atoms. The molecule has 0 bridgehead atoms. The van der Waals surface area contributed by atoms with E-state index < -0.39 is 6.16 Å². The van der Waals surface area contributed by atoms with Gasteiger partial charge in [0, 0.05) is 14.1 Å². The highest BCUT2D eigenvalue weighted by Crippen LogP contribution is 1.90. The fraction of sp³-hybridized carbons (Fsp3) is 0.571. The van der Waals surface area contributed by atoms with Crippen molar-refractivity contribution in [2.75, 3.05) is 20.7 Å². The summed E-state index contributed by atoms with van der Waals surface area (Å²) in [5.41, 5.74) is 0. The summed E-state index contributed by atoms with van der Waals surface area (Å²) in [5.74, 6) is -0.105. The van der Waals surface area contributed by atoms with E-state index in [1.54, 1.807) is 14.1 Å². The van der Waals surface area contributed by atoms with E-state index in [1.165, 1.54) is 4.90 Å². The Morgan fingerprint density at radius 3 is 2.42 bits per heavy atom. The van der Waals surface area contributed by atoms with Gasteiger partial charge in [0.25, 0.3) is 0 Å². The van der Waals surface area contributed by atoms with Gasteiger partial charge in [0.15, 0.2) is 0 Å². The molecule has 0 saturated carbocycles. The monoisotopic (exact) mass is 174 g/mol. The molecule has 0 aliphatic carbocycles. The minimum atomic E-state index is -0.874. The smallest absolute Gasteiger partial charge is 0.434 e. The molecule has 0 atom stereocenters. The van der Waals surface area contributed by atoms with E-state index in [9.17, 15) is 9.59 Å². The van der Waals surface area contributed by atoms with E-state index in [0.29, 0.717) is 0 Å². The molecule has 69 valence electrons. The lowest BCUT2D eigenvalue weighted by atomic mass is 10.4. The van der Waals surface area contributed by atoms with Crippen molar-refractivity contribution in [1.29, 1.82) is 0 Å². The van der Waals surface area contributed by atoms with Gasteiger partial charge in [-0.25, -0.2) is 4.79 Å². The Balaban J connectivity index is 3.44. The summed E-state index contributed by atoms with van der Waals surface area (Å²) < 4.78 is 8.40. The van der Waals surface area contributed by atoms with Gasteiger partial charge in [-0.3, -0.25) is 4.79 Å². The van der Waals surface area contributed by atoms with Crippen LogP contribution in [-0.2, 0) is 14.3 Å². The molecular formula is C7H12NO4. The molecule has 0 unspecified atom stereocenters. The predicted molar refractivity (Wildman–Crippen MR) is 41.1 cm³/mol. The Labute approximate surface area is 71.2 Å². The molecule has 0 aromatic carbocycles. The van der Waals surface area contributed by atoms with Gasteiger partial charge in [0.05, 0.1) is 6.42 Å². The van der Waals surface area contributed by atoms with Crippen LogP contribution in [0.15, 0.2) is 0 Å². The first-order valence-electron chi connectivity index (χ1n) is 3.37. The normalized spacial score (nSPS) is 8.92. The molecule has 0 rings (SSSR count). The summed E-state index contributed by atoms with van der Waals surface area (Å²) in [6.07, 6.45) is -0.719. The van der Waals surface area contributed by atoms with Crippen molar-refractivity contribution >= 4 is 12.1 Å². The summed E-state index contributed by atoms with van der Waals surface area (Å²) in [5, 5.41) is 0. The molecule has 0 N–H and O–H groups in total. The van der Waals surface area contributed by atoms with Crippen LogP contribution in [0.1, 0.15) is 6.42 Å². The third-order valence-corrected chi connectivity index (χ3v) is 1.15. The van der Waals surface area contributed by atoms with Crippen LogP contribution < -0.4 is 0 Å². The molecule has 1 radical (unpaired) electrons. The number of rotatable bonds is 3. The molecular weight excluding hydrogens is 162 g/mol. The minimum absolute atomic E-state index is 0.0192. The number of nitrogens with zero attached hydrogens (tertiary/aromatic N) is 1. The van der Waals surface area contributed by atoms with E-state index in [-0.39, 0.29) is 18.9 Å². The van der Waals surface area contributed by atoms with E-state index in [1.807, 2.05) is 0 Å². The second kappa shape index (κ2) is 5.40. The van der Waals surface area contributed by atoms with Crippen LogP contribution in [-0.4, -0.2) is 37.7 Å². The maximum Gasteiger partial charge on any atom is 0.508 e. The summed E-state index contributed by atoms with van der Waals surface area (Å²) in [4.78, 5) is 22.6. The van der Waals surface area contributed by atoms with Gasteiger partial charge in [-0.2, -0.15) is 0 Å². The van der Waals surface area contributed by atoms with Crippen LogP contribution in [0.4, 0.5) is 4.79 Å². The molecule has 0 heterocycles. The third kappa shape index (κ3) is 4.54. The van der Waals surface area contributed by atoms with Crippen molar-refractivity contribution in [3.05, 3.63) is 7.11 Å². The maximum absolute atomic E-state index is 10.9. The highest BCUT2D eigenvalue weighted by molar-refractivity contribution is 5.75. The number of hydrogen-bond donors (Lipinski definition) is 0. The molecule has 5 nitrogen and oxygen atoms in total. The third-order valence-electron chi connectivity index (χ3n) is 1.15.